The molecule has 4 heteroatoms. The normalized spacial score (nSPS) is 11.0. The van der Waals surface area contributed by atoms with Gasteiger partial charge in [-0.3, -0.25) is 4.79 Å². The SMILES string of the molecule is N#CC(=Cc1cccc2ccccc12)C(=O)Nc1ccccc1Oc1ccccc1. The Labute approximate surface area is 174 Å². The van der Waals surface area contributed by atoms with Crippen LogP contribution in [0.4, 0.5) is 5.69 Å². The molecule has 0 saturated carbocycles. The van der Waals surface area contributed by atoms with Gasteiger partial charge in [-0.2, -0.15) is 5.26 Å². The number of para-hydroxylation sites is 3. The van der Waals surface area contributed by atoms with Gasteiger partial charge in [0.25, 0.3) is 5.91 Å². The van der Waals surface area contributed by atoms with E-state index in [1.165, 1.54) is 0 Å². The summed E-state index contributed by atoms with van der Waals surface area (Å²) in [5.41, 5.74) is 1.32. The average Bonchev–Trinajstić information content (AvgIpc) is 2.79. The lowest BCUT2D eigenvalue weighted by Crippen LogP contribution is -2.14. The van der Waals surface area contributed by atoms with Gasteiger partial charge in [-0.25, -0.2) is 0 Å². The molecule has 0 saturated heterocycles. The van der Waals surface area contributed by atoms with E-state index in [0.29, 0.717) is 17.2 Å². The molecule has 0 atom stereocenters. The fourth-order valence-corrected chi connectivity index (χ4v) is 3.14. The molecule has 4 aromatic carbocycles. The largest absolute Gasteiger partial charge is 0.455 e. The molecule has 0 aliphatic rings. The van der Waals surface area contributed by atoms with Crippen LogP contribution in [0.5, 0.6) is 11.5 Å². The Bertz CT molecular complexity index is 1270. The molecule has 1 N–H and O–H groups in total. The molecule has 4 nitrogen and oxygen atoms in total. The molecule has 30 heavy (non-hydrogen) atoms. The number of carbonyl (C=O) groups excluding carboxylic acids is 1. The summed E-state index contributed by atoms with van der Waals surface area (Å²) in [6.45, 7) is 0. The van der Waals surface area contributed by atoms with E-state index in [-0.39, 0.29) is 5.57 Å². The maximum Gasteiger partial charge on any atom is 0.266 e. The molecule has 1 amide bonds. The molecule has 0 aliphatic carbocycles. The maximum absolute atomic E-state index is 12.8. The summed E-state index contributed by atoms with van der Waals surface area (Å²) in [6.07, 6.45) is 1.61. The third-order valence-corrected chi connectivity index (χ3v) is 4.59. The average molecular weight is 390 g/mol. The van der Waals surface area contributed by atoms with Gasteiger partial charge < -0.3 is 10.1 Å². The Balaban J connectivity index is 1.62. The first-order valence-corrected chi connectivity index (χ1v) is 9.47. The van der Waals surface area contributed by atoms with Crippen molar-refractivity contribution in [1.82, 2.24) is 0 Å². The number of anilines is 1. The van der Waals surface area contributed by atoms with E-state index in [0.717, 1.165) is 16.3 Å². The Morgan fingerprint density at radius 1 is 0.833 bits per heavy atom. The van der Waals surface area contributed by atoms with Crippen LogP contribution in [-0.4, -0.2) is 5.91 Å². The summed E-state index contributed by atoms with van der Waals surface area (Å²) in [6, 6.07) is 32.1. The summed E-state index contributed by atoms with van der Waals surface area (Å²) in [7, 11) is 0. The smallest absolute Gasteiger partial charge is 0.266 e. The standard InChI is InChI=1S/C26H18N2O2/c27-18-21(17-20-11-8-10-19-9-4-5-14-23(19)20)26(29)28-24-15-6-7-16-25(24)30-22-12-2-1-3-13-22/h1-17H,(H,28,29). The first-order valence-electron chi connectivity index (χ1n) is 9.47. The summed E-state index contributed by atoms with van der Waals surface area (Å²) >= 11 is 0. The number of amides is 1. The molecule has 0 spiro atoms. The van der Waals surface area contributed by atoms with Gasteiger partial charge >= 0.3 is 0 Å². The monoisotopic (exact) mass is 390 g/mol. The zero-order valence-electron chi connectivity index (χ0n) is 16.1. The van der Waals surface area contributed by atoms with Crippen molar-refractivity contribution in [3.05, 3.63) is 108 Å². The van der Waals surface area contributed by atoms with Crippen molar-refractivity contribution in [3.8, 4) is 17.6 Å². The van der Waals surface area contributed by atoms with E-state index in [4.69, 9.17) is 4.74 Å². The van der Waals surface area contributed by atoms with Crippen molar-refractivity contribution in [1.29, 1.82) is 5.26 Å². The molecule has 0 bridgehead atoms. The number of fused-ring (bicyclic) bond motifs is 1. The van der Waals surface area contributed by atoms with Crippen molar-refractivity contribution in [2.75, 3.05) is 5.32 Å². The lowest BCUT2D eigenvalue weighted by molar-refractivity contribution is -0.112. The van der Waals surface area contributed by atoms with Crippen molar-refractivity contribution in [3.63, 3.8) is 0 Å². The highest BCUT2D eigenvalue weighted by molar-refractivity contribution is 6.11. The van der Waals surface area contributed by atoms with E-state index < -0.39 is 5.91 Å². The predicted molar refractivity (Wildman–Crippen MR) is 119 cm³/mol. The van der Waals surface area contributed by atoms with Crippen LogP contribution < -0.4 is 10.1 Å². The van der Waals surface area contributed by atoms with Gasteiger partial charge in [0.2, 0.25) is 0 Å². The lowest BCUT2D eigenvalue weighted by Gasteiger charge is -2.12. The van der Waals surface area contributed by atoms with Crippen LogP contribution in [0.15, 0.2) is 103 Å². The number of benzene rings is 4. The second-order valence-corrected chi connectivity index (χ2v) is 6.60. The highest BCUT2D eigenvalue weighted by Gasteiger charge is 2.13. The topological polar surface area (TPSA) is 62.1 Å². The van der Waals surface area contributed by atoms with Crippen molar-refractivity contribution in [2.45, 2.75) is 0 Å². The van der Waals surface area contributed by atoms with Crippen LogP contribution in [0, 0.1) is 11.3 Å². The number of hydrogen-bond donors (Lipinski definition) is 1. The highest BCUT2D eigenvalue weighted by Crippen LogP contribution is 2.29. The Kier molecular flexibility index (Phi) is 5.54. The summed E-state index contributed by atoms with van der Waals surface area (Å²) < 4.78 is 5.88. The van der Waals surface area contributed by atoms with Gasteiger partial charge in [0.15, 0.2) is 5.75 Å². The molecule has 0 fully saturated rings. The molecule has 144 valence electrons. The first kappa shape index (κ1) is 19.0. The van der Waals surface area contributed by atoms with Gasteiger partial charge in [0.05, 0.1) is 5.69 Å². The van der Waals surface area contributed by atoms with Crippen LogP contribution in [0.25, 0.3) is 16.8 Å². The minimum atomic E-state index is -0.491. The van der Waals surface area contributed by atoms with E-state index in [1.807, 2.05) is 84.9 Å². The van der Waals surface area contributed by atoms with Crippen LogP contribution in [0.2, 0.25) is 0 Å². The van der Waals surface area contributed by atoms with E-state index in [9.17, 15) is 10.1 Å². The minimum Gasteiger partial charge on any atom is -0.455 e. The van der Waals surface area contributed by atoms with Crippen LogP contribution >= 0.6 is 0 Å². The Morgan fingerprint density at radius 3 is 2.37 bits per heavy atom. The number of ether oxygens (including phenoxy) is 1. The first-order chi connectivity index (χ1) is 14.7. The molecule has 0 unspecified atom stereocenters. The van der Waals surface area contributed by atoms with E-state index in [2.05, 4.69) is 5.32 Å². The summed E-state index contributed by atoms with van der Waals surface area (Å²) in [5.74, 6) is 0.667. The van der Waals surface area contributed by atoms with Crippen molar-refractivity contribution < 1.29 is 9.53 Å². The quantitative estimate of drug-likeness (QED) is 0.327. The lowest BCUT2D eigenvalue weighted by atomic mass is 10.0. The van der Waals surface area contributed by atoms with E-state index >= 15 is 0 Å². The van der Waals surface area contributed by atoms with Crippen LogP contribution in [0.1, 0.15) is 5.56 Å². The number of rotatable bonds is 5. The van der Waals surface area contributed by atoms with Crippen molar-refractivity contribution in [2.24, 2.45) is 0 Å². The maximum atomic E-state index is 12.8. The van der Waals surface area contributed by atoms with Crippen LogP contribution in [-0.2, 0) is 4.79 Å². The third kappa shape index (κ3) is 4.21. The molecule has 0 aromatic heterocycles. The number of nitriles is 1. The number of hydrogen-bond acceptors (Lipinski definition) is 3. The Hall–Kier alpha value is -4.36. The second kappa shape index (κ2) is 8.76. The van der Waals surface area contributed by atoms with Gasteiger partial charge in [-0.15, -0.1) is 0 Å². The zero-order valence-corrected chi connectivity index (χ0v) is 16.1. The Morgan fingerprint density at radius 2 is 1.53 bits per heavy atom. The molecule has 4 aromatic rings. The molecule has 0 radical (unpaired) electrons. The fourth-order valence-electron chi connectivity index (χ4n) is 3.14. The van der Waals surface area contributed by atoms with Gasteiger partial charge in [-0.1, -0.05) is 72.8 Å². The van der Waals surface area contributed by atoms with Crippen LogP contribution in [0.3, 0.4) is 0 Å². The highest BCUT2D eigenvalue weighted by atomic mass is 16.5. The van der Waals surface area contributed by atoms with E-state index in [1.54, 1.807) is 24.3 Å². The molecule has 0 aliphatic heterocycles. The number of nitrogens with one attached hydrogen (secondary N) is 1. The van der Waals surface area contributed by atoms with Crippen molar-refractivity contribution >= 4 is 28.4 Å². The van der Waals surface area contributed by atoms with Gasteiger partial charge in [0, 0.05) is 0 Å². The predicted octanol–water partition coefficient (Wildman–Crippen LogP) is 6.18. The number of carbonyl (C=O) groups is 1. The molecular weight excluding hydrogens is 372 g/mol. The van der Waals surface area contributed by atoms with Gasteiger partial charge in [-0.05, 0) is 46.7 Å². The molecule has 4 rings (SSSR count). The molecular formula is C26H18N2O2. The fraction of sp³-hybridized carbons (Fsp3) is 0. The van der Waals surface area contributed by atoms with Gasteiger partial charge in [0.1, 0.15) is 17.4 Å². The molecule has 0 heterocycles. The zero-order chi connectivity index (χ0) is 20.8. The second-order valence-electron chi connectivity index (χ2n) is 6.60. The summed E-state index contributed by atoms with van der Waals surface area (Å²) in [5, 5.41) is 14.4. The minimum absolute atomic E-state index is 0.0147. The third-order valence-electron chi connectivity index (χ3n) is 4.59. The summed E-state index contributed by atoms with van der Waals surface area (Å²) in [4.78, 5) is 12.8. The number of nitrogens with zero attached hydrogens (tertiary/aromatic N) is 1.